The second kappa shape index (κ2) is 6.45. The number of hydrogen-bond acceptors (Lipinski definition) is 6. The van der Waals surface area contributed by atoms with Crippen LogP contribution in [-0.2, 0) is 19.6 Å². The molecule has 7 nitrogen and oxygen atoms in total. The van der Waals surface area contributed by atoms with Crippen LogP contribution in [0.5, 0.6) is 0 Å². The van der Waals surface area contributed by atoms with Gasteiger partial charge in [-0.2, -0.15) is 9.57 Å². The molecule has 8 heteroatoms. The predicted octanol–water partition coefficient (Wildman–Crippen LogP) is 0.383. The van der Waals surface area contributed by atoms with Crippen molar-refractivity contribution in [2.45, 2.75) is 11.8 Å². The number of sulfonamides is 1. The van der Waals surface area contributed by atoms with E-state index >= 15 is 0 Å². The normalized spacial score (nSPS) is 12.8. The third-order valence-electron chi connectivity index (χ3n) is 2.70. The molecule has 0 N–H and O–H groups in total. The maximum absolute atomic E-state index is 12.3. The molecule has 1 unspecified atom stereocenters. The highest BCUT2D eigenvalue weighted by Crippen LogP contribution is 2.18. The smallest absolute Gasteiger partial charge is 0.309 e. The van der Waals surface area contributed by atoms with Gasteiger partial charge in [0.25, 0.3) is 0 Å². The van der Waals surface area contributed by atoms with Gasteiger partial charge >= 0.3 is 5.97 Å². The van der Waals surface area contributed by atoms with Crippen LogP contribution in [-0.4, -0.2) is 44.4 Å². The number of carbonyl (C=O) groups excluding carboxylic acids is 1. The maximum Gasteiger partial charge on any atom is 0.309 e. The van der Waals surface area contributed by atoms with Gasteiger partial charge in [0.2, 0.25) is 10.0 Å². The highest BCUT2D eigenvalue weighted by atomic mass is 32.2. The quantitative estimate of drug-likeness (QED) is 0.728. The number of pyridine rings is 1. The first-order chi connectivity index (χ1) is 9.34. The minimum Gasteiger partial charge on any atom is -0.469 e. The Hall–Kier alpha value is -1.98. The average Bonchev–Trinajstić information content (AvgIpc) is 2.45. The SMILES string of the molecule is COC(=O)C(C)CN(C)S(=O)(=O)c1cccnc1C#N. The third-order valence-corrected chi connectivity index (χ3v) is 4.55. The van der Waals surface area contributed by atoms with E-state index in [9.17, 15) is 13.2 Å². The monoisotopic (exact) mass is 297 g/mol. The van der Waals surface area contributed by atoms with Crippen LogP contribution in [0.25, 0.3) is 0 Å². The van der Waals surface area contributed by atoms with Gasteiger partial charge in [-0.1, -0.05) is 6.92 Å². The van der Waals surface area contributed by atoms with Gasteiger partial charge < -0.3 is 4.74 Å². The molecular weight excluding hydrogens is 282 g/mol. The van der Waals surface area contributed by atoms with E-state index in [2.05, 4.69) is 9.72 Å². The Morgan fingerprint density at radius 1 is 1.60 bits per heavy atom. The van der Waals surface area contributed by atoms with Crippen LogP contribution in [0, 0.1) is 17.2 Å². The third kappa shape index (κ3) is 3.31. The molecule has 1 aromatic heterocycles. The first-order valence-electron chi connectivity index (χ1n) is 5.73. The Kier molecular flexibility index (Phi) is 5.19. The molecule has 1 rings (SSSR count). The summed E-state index contributed by atoms with van der Waals surface area (Å²) in [4.78, 5) is 14.9. The van der Waals surface area contributed by atoms with Gasteiger partial charge in [-0.05, 0) is 12.1 Å². The number of rotatable bonds is 5. The van der Waals surface area contributed by atoms with Crippen molar-refractivity contribution < 1.29 is 17.9 Å². The number of ether oxygens (including phenoxy) is 1. The van der Waals surface area contributed by atoms with Crippen molar-refractivity contribution in [3.05, 3.63) is 24.0 Å². The van der Waals surface area contributed by atoms with Crippen LogP contribution < -0.4 is 0 Å². The number of nitrogens with zero attached hydrogens (tertiary/aromatic N) is 3. The number of carbonyl (C=O) groups is 1. The summed E-state index contributed by atoms with van der Waals surface area (Å²) in [6.45, 7) is 1.51. The Bertz CT molecular complexity index is 636. The molecule has 0 radical (unpaired) electrons. The van der Waals surface area contributed by atoms with Crippen LogP contribution in [0.4, 0.5) is 0 Å². The molecule has 1 aromatic rings. The molecule has 1 heterocycles. The Labute approximate surface area is 117 Å². The predicted molar refractivity (Wildman–Crippen MR) is 69.9 cm³/mol. The molecule has 0 saturated heterocycles. The van der Waals surface area contributed by atoms with E-state index in [1.807, 2.05) is 0 Å². The summed E-state index contributed by atoms with van der Waals surface area (Å²) in [5, 5.41) is 8.90. The van der Waals surface area contributed by atoms with Crippen molar-refractivity contribution in [2.75, 3.05) is 20.7 Å². The lowest BCUT2D eigenvalue weighted by atomic mass is 10.2. The molecule has 0 amide bonds. The second-order valence-electron chi connectivity index (χ2n) is 4.17. The Balaban J connectivity index is 3.05. The van der Waals surface area contributed by atoms with Crippen molar-refractivity contribution in [1.29, 1.82) is 5.26 Å². The van der Waals surface area contributed by atoms with Crippen molar-refractivity contribution in [2.24, 2.45) is 5.92 Å². The highest BCUT2D eigenvalue weighted by molar-refractivity contribution is 7.89. The largest absolute Gasteiger partial charge is 0.469 e. The molecule has 0 saturated carbocycles. The van der Waals surface area contributed by atoms with Gasteiger partial charge in [-0.25, -0.2) is 13.4 Å². The fourth-order valence-corrected chi connectivity index (χ4v) is 2.96. The fourth-order valence-electron chi connectivity index (χ4n) is 1.61. The summed E-state index contributed by atoms with van der Waals surface area (Å²) in [5.41, 5.74) is -0.176. The molecule has 0 spiro atoms. The van der Waals surface area contributed by atoms with Crippen molar-refractivity contribution in [1.82, 2.24) is 9.29 Å². The minimum absolute atomic E-state index is 0.0469. The lowest BCUT2D eigenvalue weighted by molar-refractivity contribution is -0.144. The van der Waals surface area contributed by atoms with Gasteiger partial charge in [0.1, 0.15) is 11.0 Å². The van der Waals surface area contributed by atoms with Gasteiger partial charge in [0.05, 0.1) is 13.0 Å². The molecule has 0 aromatic carbocycles. The van der Waals surface area contributed by atoms with E-state index in [-0.39, 0.29) is 17.1 Å². The van der Waals surface area contributed by atoms with Crippen LogP contribution in [0.1, 0.15) is 12.6 Å². The summed E-state index contributed by atoms with van der Waals surface area (Å²) in [6.07, 6.45) is 1.34. The number of methoxy groups -OCH3 is 1. The van der Waals surface area contributed by atoms with E-state index in [1.165, 1.54) is 32.5 Å². The number of aromatic nitrogens is 1. The van der Waals surface area contributed by atoms with E-state index in [0.29, 0.717) is 0 Å². The minimum atomic E-state index is -3.88. The van der Waals surface area contributed by atoms with Gasteiger partial charge in [-0.3, -0.25) is 4.79 Å². The molecule has 0 bridgehead atoms. The summed E-state index contributed by atoms with van der Waals surface area (Å²) in [5.74, 6) is -1.11. The maximum atomic E-state index is 12.3. The summed E-state index contributed by atoms with van der Waals surface area (Å²) in [6, 6.07) is 4.48. The zero-order valence-corrected chi connectivity index (χ0v) is 12.2. The lowest BCUT2D eigenvalue weighted by Gasteiger charge is -2.20. The summed E-state index contributed by atoms with van der Waals surface area (Å²) >= 11 is 0. The highest BCUT2D eigenvalue weighted by Gasteiger charge is 2.27. The molecule has 1 atom stereocenters. The Morgan fingerprint density at radius 2 is 2.25 bits per heavy atom. The van der Waals surface area contributed by atoms with Gasteiger partial charge in [0, 0.05) is 19.8 Å². The molecule has 0 aliphatic rings. The van der Waals surface area contributed by atoms with Crippen molar-refractivity contribution >= 4 is 16.0 Å². The summed E-state index contributed by atoms with van der Waals surface area (Å²) < 4.78 is 30.2. The van der Waals surface area contributed by atoms with E-state index < -0.39 is 21.9 Å². The summed E-state index contributed by atoms with van der Waals surface area (Å²) in [7, 11) is -1.30. The zero-order valence-electron chi connectivity index (χ0n) is 11.4. The number of esters is 1. The molecular formula is C12H15N3O4S. The standard InChI is InChI=1S/C12H15N3O4S/c1-9(12(16)19-3)8-15(2)20(17,18)11-5-4-6-14-10(11)7-13/h4-6,9H,8H2,1-3H3. The van der Waals surface area contributed by atoms with E-state index in [1.54, 1.807) is 13.0 Å². The molecule has 0 aliphatic carbocycles. The number of hydrogen-bond donors (Lipinski definition) is 0. The fraction of sp³-hybridized carbons (Fsp3) is 0.417. The molecule has 0 fully saturated rings. The Morgan fingerprint density at radius 3 is 2.80 bits per heavy atom. The molecule has 0 aliphatic heterocycles. The van der Waals surface area contributed by atoms with Crippen LogP contribution in [0.15, 0.2) is 23.2 Å². The van der Waals surface area contributed by atoms with Gasteiger partial charge in [-0.15, -0.1) is 0 Å². The van der Waals surface area contributed by atoms with E-state index in [4.69, 9.17) is 5.26 Å². The first kappa shape index (κ1) is 16.1. The van der Waals surface area contributed by atoms with Crippen molar-refractivity contribution in [3.63, 3.8) is 0 Å². The van der Waals surface area contributed by atoms with Gasteiger partial charge in [0.15, 0.2) is 5.69 Å². The van der Waals surface area contributed by atoms with Crippen molar-refractivity contribution in [3.8, 4) is 6.07 Å². The average molecular weight is 297 g/mol. The molecule has 20 heavy (non-hydrogen) atoms. The molecule has 108 valence electrons. The zero-order chi connectivity index (χ0) is 15.3. The topological polar surface area (TPSA) is 100 Å². The van der Waals surface area contributed by atoms with Crippen LogP contribution >= 0.6 is 0 Å². The second-order valence-corrected chi connectivity index (χ2v) is 6.19. The van der Waals surface area contributed by atoms with E-state index in [0.717, 1.165) is 4.31 Å². The van der Waals surface area contributed by atoms with Crippen LogP contribution in [0.3, 0.4) is 0 Å². The first-order valence-corrected chi connectivity index (χ1v) is 7.18. The van der Waals surface area contributed by atoms with Crippen LogP contribution in [0.2, 0.25) is 0 Å². The lowest BCUT2D eigenvalue weighted by Crippen LogP contribution is -2.34. The number of nitriles is 1.